The highest BCUT2D eigenvalue weighted by Crippen LogP contribution is 2.56. The average Bonchev–Trinajstić information content (AvgIpc) is 3.02. The summed E-state index contributed by atoms with van der Waals surface area (Å²) in [7, 11) is 3.00. The van der Waals surface area contributed by atoms with E-state index in [0.29, 0.717) is 31.6 Å². The number of ketones is 2. The summed E-state index contributed by atoms with van der Waals surface area (Å²) in [6, 6.07) is 0. The molecule has 0 radical (unpaired) electrons. The van der Waals surface area contributed by atoms with Crippen LogP contribution >= 0.6 is 21.6 Å². The van der Waals surface area contributed by atoms with Crippen LogP contribution < -0.4 is 10.6 Å². The van der Waals surface area contributed by atoms with Crippen LogP contribution in [0.5, 0.6) is 0 Å². The molecule has 13 heteroatoms. The van der Waals surface area contributed by atoms with Gasteiger partial charge < -0.3 is 40.3 Å². The third-order valence-corrected chi connectivity index (χ3v) is 13.9. The summed E-state index contributed by atoms with van der Waals surface area (Å²) in [5.41, 5.74) is -4.53. The maximum atomic E-state index is 14.8. The van der Waals surface area contributed by atoms with Crippen LogP contribution in [0.1, 0.15) is 45.4 Å². The standard InChI is InChI=1S/C32H44N2O9S2/c1-16-9-20-25(37)19-3-2-4-21-24(19)26(38)31(20,22(36)10-16)14-44-45-15-34-23-12-17(6-8-33-23)11-18-5-7-30(13-35)29(40)32(18,41)27(39)28(42-21)43-30/h5,7,9-10,17-21,23-24,27-29,33-36,39-41H,2-4,6,8,11-15H2,1H3. The van der Waals surface area contributed by atoms with Crippen molar-refractivity contribution >= 4 is 33.2 Å². The van der Waals surface area contributed by atoms with Crippen molar-refractivity contribution in [2.24, 2.45) is 35.0 Å². The van der Waals surface area contributed by atoms with E-state index in [1.165, 1.54) is 10.8 Å². The van der Waals surface area contributed by atoms with Crippen molar-refractivity contribution in [1.29, 1.82) is 0 Å². The lowest BCUT2D eigenvalue weighted by Gasteiger charge is -2.58. The van der Waals surface area contributed by atoms with Gasteiger partial charge in [0.1, 0.15) is 40.4 Å². The summed E-state index contributed by atoms with van der Waals surface area (Å²) in [6.45, 7) is 1.91. The second-order valence-corrected chi connectivity index (χ2v) is 16.5. The zero-order valence-electron chi connectivity index (χ0n) is 25.3. The summed E-state index contributed by atoms with van der Waals surface area (Å²) in [5.74, 6) is -2.51. The second kappa shape index (κ2) is 12.0. The summed E-state index contributed by atoms with van der Waals surface area (Å²) < 4.78 is 12.6. The van der Waals surface area contributed by atoms with Gasteiger partial charge in [0.25, 0.3) is 0 Å². The number of nitrogens with one attached hydrogen (secondary N) is 2. The summed E-state index contributed by atoms with van der Waals surface area (Å²) in [5, 5.41) is 64.4. The zero-order chi connectivity index (χ0) is 31.7. The summed E-state index contributed by atoms with van der Waals surface area (Å²) in [6.07, 6.45) is 4.65. The van der Waals surface area contributed by atoms with E-state index in [-0.39, 0.29) is 35.2 Å². The maximum absolute atomic E-state index is 14.8. The van der Waals surface area contributed by atoms with Gasteiger partial charge in [-0.15, -0.1) is 0 Å². The zero-order valence-corrected chi connectivity index (χ0v) is 27.0. The minimum atomic E-state index is -2.09. The lowest BCUT2D eigenvalue weighted by atomic mass is 9.53. The smallest absolute Gasteiger partial charge is 0.188 e. The van der Waals surface area contributed by atoms with E-state index >= 15 is 0 Å². The normalized spacial score (nSPS) is 50.2. The van der Waals surface area contributed by atoms with Crippen LogP contribution in [0.3, 0.4) is 0 Å². The van der Waals surface area contributed by atoms with Crippen LogP contribution in [0, 0.1) is 35.0 Å². The fraction of sp³-hybridized carbons (Fsp3) is 0.750. The number of allylic oxidation sites excluding steroid dienone is 4. The Morgan fingerprint density at radius 3 is 2.73 bits per heavy atom. The number of aliphatic hydroxyl groups is 5. The Hall–Kier alpha value is -1.26. The van der Waals surface area contributed by atoms with Gasteiger partial charge in [-0.2, -0.15) is 0 Å². The van der Waals surface area contributed by atoms with Crippen molar-refractivity contribution in [3.8, 4) is 0 Å². The maximum Gasteiger partial charge on any atom is 0.188 e. The largest absolute Gasteiger partial charge is 0.511 e. The molecule has 1 spiro atoms. The van der Waals surface area contributed by atoms with E-state index in [9.17, 15) is 35.1 Å². The van der Waals surface area contributed by atoms with Gasteiger partial charge in [0.15, 0.2) is 12.1 Å². The lowest BCUT2D eigenvalue weighted by Crippen LogP contribution is -2.76. The molecule has 7 N–H and O–H groups in total. The van der Waals surface area contributed by atoms with Crippen LogP contribution in [0.2, 0.25) is 0 Å². The minimum absolute atomic E-state index is 0.00350. The molecule has 3 heterocycles. The monoisotopic (exact) mass is 664 g/mol. The van der Waals surface area contributed by atoms with Crippen molar-refractivity contribution in [3.05, 3.63) is 35.6 Å². The Balaban J connectivity index is 1.30. The first-order chi connectivity index (χ1) is 21.5. The van der Waals surface area contributed by atoms with E-state index in [0.717, 1.165) is 25.0 Å². The number of hydrogen-bond donors (Lipinski definition) is 7. The number of ether oxygens (including phenoxy) is 2. The molecule has 7 bridgehead atoms. The SMILES string of the molecule is CC1=CC2C(=O)C3CCCC4OC5OC6(CO)C=CC(CC7CCNC(C7)NCSSCC2(C(=O)C43)C(O)=C1)C(O)(C5O)C6O. The third kappa shape index (κ3) is 4.95. The van der Waals surface area contributed by atoms with E-state index in [1.54, 1.807) is 29.0 Å². The van der Waals surface area contributed by atoms with Gasteiger partial charge in [0, 0.05) is 17.6 Å². The van der Waals surface area contributed by atoms with E-state index in [2.05, 4.69) is 10.6 Å². The molecule has 2 saturated carbocycles. The quantitative estimate of drug-likeness (QED) is 0.158. The van der Waals surface area contributed by atoms with Gasteiger partial charge >= 0.3 is 0 Å². The Kier molecular flexibility index (Phi) is 8.62. The van der Waals surface area contributed by atoms with Crippen molar-refractivity contribution in [2.75, 3.05) is 24.8 Å². The first kappa shape index (κ1) is 32.3. The Labute approximate surface area is 270 Å². The van der Waals surface area contributed by atoms with E-state index in [4.69, 9.17) is 9.47 Å². The van der Waals surface area contributed by atoms with Crippen LogP contribution in [-0.4, -0.2) is 104 Å². The molecule has 45 heavy (non-hydrogen) atoms. The molecule has 13 atom stereocenters. The fourth-order valence-corrected chi connectivity index (χ4v) is 11.5. The van der Waals surface area contributed by atoms with Gasteiger partial charge in [-0.1, -0.05) is 51.8 Å². The highest BCUT2D eigenvalue weighted by Gasteiger charge is 2.68. The number of rotatable bonds is 1. The first-order valence-electron chi connectivity index (χ1n) is 16.2. The average molecular weight is 665 g/mol. The molecular formula is C32H44N2O9S2. The lowest BCUT2D eigenvalue weighted by molar-refractivity contribution is -0.375. The molecule has 7 rings (SSSR count). The summed E-state index contributed by atoms with van der Waals surface area (Å²) in [4.78, 5) is 29.0. The number of piperidine rings is 1. The molecule has 5 fully saturated rings. The predicted molar refractivity (Wildman–Crippen MR) is 168 cm³/mol. The fourth-order valence-electron chi connectivity index (χ4n) is 9.16. The van der Waals surface area contributed by atoms with Gasteiger partial charge in [0.2, 0.25) is 0 Å². The molecule has 0 amide bonds. The van der Waals surface area contributed by atoms with Crippen molar-refractivity contribution in [2.45, 2.75) is 87.4 Å². The number of aliphatic hydroxyl groups excluding tert-OH is 4. The topological polar surface area (TPSA) is 178 Å². The summed E-state index contributed by atoms with van der Waals surface area (Å²) >= 11 is 0. The molecule has 11 nitrogen and oxygen atoms in total. The molecule has 248 valence electrons. The molecule has 13 unspecified atom stereocenters. The number of Topliss-reactive ketones (excluding diaryl/α,β-unsaturated/α-hetero) is 2. The van der Waals surface area contributed by atoms with E-state index in [1.807, 2.05) is 13.0 Å². The van der Waals surface area contributed by atoms with Gasteiger partial charge in [0.05, 0.1) is 36.6 Å². The van der Waals surface area contributed by atoms with Crippen LogP contribution in [0.15, 0.2) is 35.6 Å². The van der Waals surface area contributed by atoms with Gasteiger partial charge in [-0.25, -0.2) is 0 Å². The number of carbonyl (C=O) groups is 2. The molecule has 3 saturated heterocycles. The van der Waals surface area contributed by atoms with Crippen LogP contribution in [-0.2, 0) is 19.1 Å². The van der Waals surface area contributed by atoms with Gasteiger partial charge in [-0.05, 0) is 57.6 Å². The van der Waals surface area contributed by atoms with E-state index < -0.39 is 71.5 Å². The van der Waals surface area contributed by atoms with Crippen molar-refractivity contribution in [1.82, 2.24) is 10.6 Å². The molecule has 3 aliphatic heterocycles. The minimum Gasteiger partial charge on any atom is -0.511 e. The van der Waals surface area contributed by atoms with Crippen LogP contribution in [0.25, 0.3) is 0 Å². The Bertz CT molecular complexity index is 1310. The number of carbonyl (C=O) groups excluding carboxylic acids is 2. The Morgan fingerprint density at radius 1 is 1.11 bits per heavy atom. The van der Waals surface area contributed by atoms with Gasteiger partial charge in [-0.3, -0.25) is 14.9 Å². The van der Waals surface area contributed by atoms with Crippen molar-refractivity contribution < 1.29 is 44.6 Å². The third-order valence-electron chi connectivity index (χ3n) is 11.6. The molecule has 0 aromatic heterocycles. The Morgan fingerprint density at radius 2 is 1.93 bits per heavy atom. The molecular weight excluding hydrogens is 620 g/mol. The second-order valence-electron chi connectivity index (χ2n) is 14.1. The molecule has 0 aromatic carbocycles. The first-order valence-corrected chi connectivity index (χ1v) is 18.6. The predicted octanol–water partition coefficient (Wildman–Crippen LogP) is 1.33. The highest BCUT2D eigenvalue weighted by molar-refractivity contribution is 8.76. The number of hydrogen-bond acceptors (Lipinski definition) is 13. The molecule has 4 aliphatic carbocycles. The van der Waals surface area contributed by atoms with Crippen molar-refractivity contribution in [3.63, 3.8) is 0 Å². The molecule has 0 aromatic rings. The number of fused-ring (bicyclic) bond motifs is 4. The molecule has 7 aliphatic rings. The highest BCUT2D eigenvalue weighted by atomic mass is 33.1. The van der Waals surface area contributed by atoms with Crippen LogP contribution in [0.4, 0.5) is 0 Å².